The van der Waals surface area contributed by atoms with Gasteiger partial charge in [0.2, 0.25) is 0 Å². The van der Waals surface area contributed by atoms with Crippen LogP contribution >= 0.6 is 0 Å². The predicted octanol–water partition coefficient (Wildman–Crippen LogP) is -0.381. The van der Waals surface area contributed by atoms with Gasteiger partial charge in [0.05, 0.1) is 0 Å². The summed E-state index contributed by atoms with van der Waals surface area (Å²) in [4.78, 5) is 4.75. The number of allylic oxidation sites excluding steroid dienone is 2. The number of nitrogens with zero attached hydrogens (tertiary/aromatic N) is 1. The minimum atomic E-state index is -1.27. The second-order valence-corrected chi connectivity index (χ2v) is 7.80. The van der Waals surface area contributed by atoms with E-state index in [0.29, 0.717) is 6.85 Å². The van der Waals surface area contributed by atoms with Crippen LogP contribution in [0, 0.1) is 0 Å². The molecule has 1 aliphatic heterocycles. The van der Waals surface area contributed by atoms with E-state index in [1.54, 1.807) is 5.20 Å². The zero-order chi connectivity index (χ0) is 7.94. The summed E-state index contributed by atoms with van der Waals surface area (Å²) in [6.07, 6.45) is 0. The molecule has 11 heavy (non-hydrogen) atoms. The van der Waals surface area contributed by atoms with Crippen molar-refractivity contribution in [2.45, 2.75) is 33.8 Å². The van der Waals surface area contributed by atoms with Crippen LogP contribution < -0.4 is 29.6 Å². The van der Waals surface area contributed by atoms with Gasteiger partial charge >= 0.3 is 29.6 Å². The van der Waals surface area contributed by atoms with Crippen LogP contribution in [0.4, 0.5) is 0 Å². The van der Waals surface area contributed by atoms with Gasteiger partial charge in [-0.25, -0.2) is 0 Å². The summed E-state index contributed by atoms with van der Waals surface area (Å²) in [5.74, 6) is 0. The summed E-state index contributed by atoms with van der Waals surface area (Å²) in [5, 5.41) is 1.58. The van der Waals surface area contributed by atoms with E-state index in [2.05, 4.69) is 33.8 Å². The number of rotatable bonds is 0. The van der Waals surface area contributed by atoms with Gasteiger partial charge < -0.3 is 4.89 Å². The smallest absolute Gasteiger partial charge is 0.681 e. The van der Waals surface area contributed by atoms with E-state index in [1.807, 2.05) is 0 Å². The Hall–Kier alpha value is 0.982. The maximum Gasteiger partial charge on any atom is 1.00 e. The molecule has 0 radical (unpaired) electrons. The molecular weight excluding hydrogens is 160 g/mol. The monoisotopic (exact) mass is 175 g/mol. The summed E-state index contributed by atoms with van der Waals surface area (Å²) in [7, 11) is -1.27. The quantitative estimate of drug-likeness (QED) is 0.445. The molecule has 0 aliphatic carbocycles. The Morgan fingerprint density at radius 3 is 1.82 bits per heavy atom. The fraction of sp³-hybridized carbons (Fsp3) is 0.714. The maximum atomic E-state index is 4.75. The molecule has 0 aromatic carbocycles. The van der Waals surface area contributed by atoms with E-state index < -0.39 is 8.24 Å². The minimum Gasteiger partial charge on any atom is -0.681 e. The fourth-order valence-electron chi connectivity index (χ4n) is 1.47. The van der Waals surface area contributed by atoms with E-state index in [0.717, 1.165) is 0 Å². The van der Waals surface area contributed by atoms with Gasteiger partial charge in [0, 0.05) is 6.85 Å². The molecule has 0 fully saturated rings. The third-order valence-electron chi connectivity index (χ3n) is 2.65. The standard InChI is InChI=1S/C7H15BNSi.Na/c1-6-7(2)10(4,5)9-8(6)3;/h1-5H3;/q-1;+1. The number of hydrogen-bond acceptors (Lipinski definition) is 0. The summed E-state index contributed by atoms with van der Waals surface area (Å²) < 4.78 is 0. The first-order valence-corrected chi connectivity index (χ1v) is 6.80. The van der Waals surface area contributed by atoms with Gasteiger partial charge in [-0.3, -0.25) is 0 Å². The van der Waals surface area contributed by atoms with Crippen molar-refractivity contribution in [3.63, 3.8) is 0 Å². The first kappa shape index (κ1) is 12.0. The maximum absolute atomic E-state index is 4.75. The Morgan fingerprint density at radius 2 is 1.73 bits per heavy atom. The topological polar surface area (TPSA) is 14.1 Å². The van der Waals surface area contributed by atoms with Crippen LogP contribution in [-0.4, -0.2) is 15.1 Å². The van der Waals surface area contributed by atoms with Crippen molar-refractivity contribution in [2.24, 2.45) is 0 Å². The Morgan fingerprint density at radius 1 is 1.27 bits per heavy atom. The van der Waals surface area contributed by atoms with Crippen LogP contribution in [-0.2, 0) is 0 Å². The van der Waals surface area contributed by atoms with Gasteiger partial charge in [-0.1, -0.05) is 20.0 Å². The van der Waals surface area contributed by atoms with Crippen molar-refractivity contribution in [1.82, 2.24) is 0 Å². The minimum absolute atomic E-state index is 0. The normalized spacial score (nSPS) is 22.1. The molecule has 1 aliphatic rings. The second kappa shape index (κ2) is 3.79. The third kappa shape index (κ3) is 2.22. The van der Waals surface area contributed by atoms with E-state index >= 15 is 0 Å². The molecule has 0 spiro atoms. The molecule has 0 N–H and O–H groups in total. The van der Waals surface area contributed by atoms with Crippen LogP contribution in [0.1, 0.15) is 13.8 Å². The first-order valence-electron chi connectivity index (χ1n) is 3.85. The Bertz CT molecular complexity index is 191. The van der Waals surface area contributed by atoms with Crippen LogP contribution in [0.3, 0.4) is 0 Å². The second-order valence-electron chi connectivity index (χ2n) is 3.67. The third-order valence-corrected chi connectivity index (χ3v) is 5.91. The summed E-state index contributed by atoms with van der Waals surface area (Å²) in [6.45, 7) is 11.8. The molecule has 0 aromatic heterocycles. The van der Waals surface area contributed by atoms with Crippen LogP contribution in [0.15, 0.2) is 10.7 Å². The molecule has 0 aromatic rings. The van der Waals surface area contributed by atoms with Gasteiger partial charge in [0.15, 0.2) is 0 Å². The molecule has 0 amide bonds. The predicted molar refractivity (Wildman–Crippen MR) is 50.8 cm³/mol. The molecule has 1 rings (SSSR count). The van der Waals surface area contributed by atoms with Gasteiger partial charge in [0.1, 0.15) is 0 Å². The average molecular weight is 175 g/mol. The molecule has 0 saturated heterocycles. The molecule has 0 bridgehead atoms. The zero-order valence-corrected chi connectivity index (χ0v) is 11.5. The van der Waals surface area contributed by atoms with Crippen LogP contribution in [0.25, 0.3) is 4.89 Å². The van der Waals surface area contributed by atoms with Crippen molar-refractivity contribution in [2.75, 3.05) is 0 Å². The molecule has 1 nitrogen and oxygen atoms in total. The van der Waals surface area contributed by atoms with E-state index in [9.17, 15) is 0 Å². The molecule has 56 valence electrons. The molecule has 0 unspecified atom stereocenters. The van der Waals surface area contributed by atoms with Crippen LogP contribution in [0.5, 0.6) is 0 Å². The Kier molecular flexibility index (Phi) is 4.13. The van der Waals surface area contributed by atoms with E-state index in [1.165, 1.54) is 5.47 Å². The van der Waals surface area contributed by atoms with Crippen LogP contribution in [0.2, 0.25) is 19.9 Å². The Balaban J connectivity index is 0.000001000. The van der Waals surface area contributed by atoms with Crippen molar-refractivity contribution in [3.05, 3.63) is 15.6 Å². The van der Waals surface area contributed by atoms with Gasteiger partial charge in [-0.05, 0) is 15.2 Å². The van der Waals surface area contributed by atoms with E-state index in [4.69, 9.17) is 4.89 Å². The fourth-order valence-corrected chi connectivity index (χ4v) is 4.00. The van der Waals surface area contributed by atoms with Crippen molar-refractivity contribution < 1.29 is 29.6 Å². The first-order chi connectivity index (χ1) is 4.45. The van der Waals surface area contributed by atoms with E-state index in [-0.39, 0.29) is 29.6 Å². The summed E-state index contributed by atoms with van der Waals surface area (Å²) in [6, 6.07) is 0. The van der Waals surface area contributed by atoms with Crippen molar-refractivity contribution in [1.29, 1.82) is 0 Å². The van der Waals surface area contributed by atoms with Crippen molar-refractivity contribution in [3.8, 4) is 0 Å². The molecule has 0 atom stereocenters. The molecule has 1 heterocycles. The van der Waals surface area contributed by atoms with Gasteiger partial charge in [0.25, 0.3) is 0 Å². The largest absolute Gasteiger partial charge is 1.00 e. The van der Waals surface area contributed by atoms with Gasteiger partial charge in [-0.15, -0.1) is 17.5 Å². The Labute approximate surface area is 93.5 Å². The SMILES string of the molecule is CB1[N-][Si](C)(C)C(C)=C1C.[Na+]. The van der Waals surface area contributed by atoms with Crippen molar-refractivity contribution >= 4 is 15.1 Å². The summed E-state index contributed by atoms with van der Waals surface area (Å²) >= 11 is 0. The molecular formula is C7H15BNNaSi. The zero-order valence-electron chi connectivity index (χ0n) is 8.52. The molecule has 0 saturated carbocycles. The average Bonchev–Trinajstić information content (AvgIpc) is 1.95. The summed E-state index contributed by atoms with van der Waals surface area (Å²) in [5.41, 5.74) is 1.51. The van der Waals surface area contributed by atoms with Gasteiger partial charge in [-0.2, -0.15) is 0 Å². The number of hydrogen-bond donors (Lipinski definition) is 0. The molecule has 4 heteroatoms.